The van der Waals surface area contributed by atoms with Gasteiger partial charge in [0.15, 0.2) is 0 Å². The standard InChI is InChI=1S/C16H19ClN2/c1-2-5-12-8-10-13(11-9-12)16(19-18)14-6-3-4-7-15(14)17/h3-4,6-11,16,19H,2,5,18H2,1H3. The largest absolute Gasteiger partial charge is 0.271 e. The Morgan fingerprint density at radius 2 is 1.79 bits per heavy atom. The van der Waals surface area contributed by atoms with E-state index in [2.05, 4.69) is 36.6 Å². The molecule has 1 atom stereocenters. The van der Waals surface area contributed by atoms with Gasteiger partial charge in [0.05, 0.1) is 6.04 Å². The van der Waals surface area contributed by atoms with Crippen LogP contribution in [0.15, 0.2) is 48.5 Å². The van der Waals surface area contributed by atoms with Gasteiger partial charge in [-0.3, -0.25) is 5.84 Å². The summed E-state index contributed by atoms with van der Waals surface area (Å²) in [7, 11) is 0. The van der Waals surface area contributed by atoms with Crippen molar-refractivity contribution in [2.45, 2.75) is 25.8 Å². The lowest BCUT2D eigenvalue weighted by Gasteiger charge is -2.18. The van der Waals surface area contributed by atoms with E-state index in [9.17, 15) is 0 Å². The number of rotatable bonds is 5. The summed E-state index contributed by atoms with van der Waals surface area (Å²) in [6.45, 7) is 2.18. The van der Waals surface area contributed by atoms with Gasteiger partial charge < -0.3 is 0 Å². The molecule has 19 heavy (non-hydrogen) atoms. The Balaban J connectivity index is 2.29. The van der Waals surface area contributed by atoms with Gasteiger partial charge >= 0.3 is 0 Å². The van der Waals surface area contributed by atoms with Crippen LogP contribution in [-0.4, -0.2) is 0 Å². The molecule has 0 aromatic heterocycles. The normalized spacial score (nSPS) is 12.4. The molecule has 0 aliphatic rings. The summed E-state index contributed by atoms with van der Waals surface area (Å²) in [5.74, 6) is 5.69. The van der Waals surface area contributed by atoms with E-state index in [1.54, 1.807) is 0 Å². The molecular weight excluding hydrogens is 256 g/mol. The van der Waals surface area contributed by atoms with Crippen LogP contribution < -0.4 is 11.3 Å². The molecule has 0 fully saturated rings. The topological polar surface area (TPSA) is 38.0 Å². The lowest BCUT2D eigenvalue weighted by Crippen LogP contribution is -2.29. The van der Waals surface area contributed by atoms with E-state index in [0.29, 0.717) is 0 Å². The molecular formula is C16H19ClN2. The van der Waals surface area contributed by atoms with E-state index >= 15 is 0 Å². The molecule has 0 radical (unpaired) electrons. The molecule has 1 unspecified atom stereocenters. The number of nitrogens with one attached hydrogen (secondary N) is 1. The summed E-state index contributed by atoms with van der Waals surface area (Å²) >= 11 is 6.23. The molecule has 0 heterocycles. The predicted octanol–water partition coefficient (Wildman–Crippen LogP) is 3.85. The van der Waals surface area contributed by atoms with Crippen molar-refractivity contribution in [1.29, 1.82) is 0 Å². The van der Waals surface area contributed by atoms with Crippen LogP contribution in [0, 0.1) is 0 Å². The minimum absolute atomic E-state index is 0.0793. The lowest BCUT2D eigenvalue weighted by molar-refractivity contribution is 0.637. The van der Waals surface area contributed by atoms with Crippen molar-refractivity contribution < 1.29 is 0 Å². The maximum Gasteiger partial charge on any atom is 0.0724 e. The van der Waals surface area contributed by atoms with Crippen molar-refractivity contribution in [2.24, 2.45) is 5.84 Å². The second kappa shape index (κ2) is 6.71. The highest BCUT2D eigenvalue weighted by Gasteiger charge is 2.14. The summed E-state index contributed by atoms with van der Waals surface area (Å²) in [5.41, 5.74) is 6.31. The Morgan fingerprint density at radius 3 is 2.37 bits per heavy atom. The van der Waals surface area contributed by atoms with Gasteiger partial charge in [0.1, 0.15) is 0 Å². The first kappa shape index (κ1) is 14.1. The first-order valence-corrected chi connectivity index (χ1v) is 6.93. The molecule has 2 aromatic carbocycles. The number of aryl methyl sites for hydroxylation is 1. The van der Waals surface area contributed by atoms with Crippen LogP contribution in [0.4, 0.5) is 0 Å². The van der Waals surface area contributed by atoms with Gasteiger partial charge in [0.25, 0.3) is 0 Å². The summed E-state index contributed by atoms with van der Waals surface area (Å²) in [6.07, 6.45) is 2.26. The van der Waals surface area contributed by atoms with Crippen LogP contribution in [0.2, 0.25) is 5.02 Å². The van der Waals surface area contributed by atoms with Gasteiger partial charge in [-0.1, -0.05) is 67.4 Å². The van der Waals surface area contributed by atoms with Gasteiger partial charge in [-0.2, -0.15) is 0 Å². The van der Waals surface area contributed by atoms with Gasteiger partial charge in [-0.15, -0.1) is 0 Å². The monoisotopic (exact) mass is 274 g/mol. The smallest absolute Gasteiger partial charge is 0.0724 e. The number of benzene rings is 2. The van der Waals surface area contributed by atoms with E-state index < -0.39 is 0 Å². The Labute approximate surface area is 119 Å². The fourth-order valence-corrected chi connectivity index (χ4v) is 2.49. The molecule has 0 saturated carbocycles. The van der Waals surface area contributed by atoms with Crippen LogP contribution in [0.25, 0.3) is 0 Å². The molecule has 0 saturated heterocycles. The first-order chi connectivity index (χ1) is 9.26. The van der Waals surface area contributed by atoms with Crippen molar-refractivity contribution in [3.05, 3.63) is 70.2 Å². The highest BCUT2D eigenvalue weighted by Crippen LogP contribution is 2.27. The van der Waals surface area contributed by atoms with Gasteiger partial charge in [-0.25, -0.2) is 5.43 Å². The molecule has 3 heteroatoms. The van der Waals surface area contributed by atoms with E-state index in [4.69, 9.17) is 17.4 Å². The van der Waals surface area contributed by atoms with Gasteiger partial charge in [0.2, 0.25) is 0 Å². The third-order valence-electron chi connectivity index (χ3n) is 3.23. The molecule has 100 valence electrons. The molecule has 0 spiro atoms. The second-order valence-corrected chi connectivity index (χ2v) is 5.02. The molecule has 3 N–H and O–H groups in total. The van der Waals surface area contributed by atoms with Crippen LogP contribution in [0.1, 0.15) is 36.1 Å². The third kappa shape index (κ3) is 3.35. The van der Waals surface area contributed by atoms with Crippen molar-refractivity contribution in [1.82, 2.24) is 5.43 Å². The van der Waals surface area contributed by atoms with Crippen LogP contribution in [0.5, 0.6) is 0 Å². The van der Waals surface area contributed by atoms with E-state index in [1.807, 2.05) is 24.3 Å². The average Bonchev–Trinajstić information content (AvgIpc) is 2.44. The highest BCUT2D eigenvalue weighted by atomic mass is 35.5. The van der Waals surface area contributed by atoms with Gasteiger partial charge in [0, 0.05) is 5.02 Å². The van der Waals surface area contributed by atoms with Crippen molar-refractivity contribution in [3.63, 3.8) is 0 Å². The Morgan fingerprint density at radius 1 is 1.11 bits per heavy atom. The zero-order valence-corrected chi connectivity index (χ0v) is 11.8. The number of nitrogens with two attached hydrogens (primary N) is 1. The summed E-state index contributed by atoms with van der Waals surface area (Å²) in [4.78, 5) is 0. The third-order valence-corrected chi connectivity index (χ3v) is 3.58. The van der Waals surface area contributed by atoms with Crippen LogP contribution in [-0.2, 0) is 6.42 Å². The number of hydrogen-bond acceptors (Lipinski definition) is 2. The fourth-order valence-electron chi connectivity index (χ4n) is 2.24. The van der Waals surface area contributed by atoms with Crippen molar-refractivity contribution in [3.8, 4) is 0 Å². The molecule has 0 aliphatic heterocycles. The number of halogens is 1. The predicted molar refractivity (Wildman–Crippen MR) is 81.1 cm³/mol. The summed E-state index contributed by atoms with van der Waals surface area (Å²) in [5, 5.41) is 0.725. The lowest BCUT2D eigenvalue weighted by atomic mass is 9.97. The maximum absolute atomic E-state index is 6.23. The number of hydrazine groups is 1. The molecule has 2 aromatic rings. The SMILES string of the molecule is CCCc1ccc(C(NN)c2ccccc2Cl)cc1. The average molecular weight is 275 g/mol. The number of hydrogen-bond donors (Lipinski definition) is 2. The maximum atomic E-state index is 6.23. The zero-order chi connectivity index (χ0) is 13.7. The van der Waals surface area contributed by atoms with E-state index in [0.717, 1.165) is 29.0 Å². The first-order valence-electron chi connectivity index (χ1n) is 6.55. The van der Waals surface area contributed by atoms with Gasteiger partial charge in [-0.05, 0) is 29.2 Å². The Bertz CT molecular complexity index is 523. The van der Waals surface area contributed by atoms with Crippen LogP contribution in [0.3, 0.4) is 0 Å². The fraction of sp³-hybridized carbons (Fsp3) is 0.250. The van der Waals surface area contributed by atoms with E-state index in [1.165, 1.54) is 5.56 Å². The van der Waals surface area contributed by atoms with Crippen LogP contribution >= 0.6 is 11.6 Å². The molecule has 0 bridgehead atoms. The minimum Gasteiger partial charge on any atom is -0.271 e. The van der Waals surface area contributed by atoms with Crippen molar-refractivity contribution in [2.75, 3.05) is 0 Å². The highest BCUT2D eigenvalue weighted by molar-refractivity contribution is 6.31. The molecule has 0 amide bonds. The zero-order valence-electron chi connectivity index (χ0n) is 11.1. The Kier molecular flexibility index (Phi) is 4.97. The quantitative estimate of drug-likeness (QED) is 0.642. The van der Waals surface area contributed by atoms with E-state index in [-0.39, 0.29) is 6.04 Å². The molecule has 0 aliphatic carbocycles. The molecule has 2 rings (SSSR count). The second-order valence-electron chi connectivity index (χ2n) is 4.61. The summed E-state index contributed by atoms with van der Waals surface area (Å²) < 4.78 is 0. The molecule has 2 nitrogen and oxygen atoms in total. The summed E-state index contributed by atoms with van der Waals surface area (Å²) in [6, 6.07) is 16.2. The minimum atomic E-state index is -0.0793. The Hall–Kier alpha value is -1.35. The van der Waals surface area contributed by atoms with Crippen molar-refractivity contribution >= 4 is 11.6 Å².